The van der Waals surface area contributed by atoms with Gasteiger partial charge in [-0.05, 0) is 26.3 Å². The van der Waals surface area contributed by atoms with E-state index < -0.39 is 0 Å². The fourth-order valence-corrected chi connectivity index (χ4v) is 1.00. The van der Waals surface area contributed by atoms with Crippen LogP contribution in [0.1, 0.15) is 13.8 Å². The first-order valence-corrected chi connectivity index (χ1v) is 5.14. The van der Waals surface area contributed by atoms with Crippen LogP contribution in [-0.2, 0) is 0 Å². The molecule has 1 nitrogen and oxygen atoms in total. The normalized spacial score (nSPS) is 10.7. The molecule has 0 N–H and O–H groups in total. The van der Waals surface area contributed by atoms with Crippen molar-refractivity contribution in [2.24, 2.45) is 0 Å². The Morgan fingerprint density at radius 3 is 2.30 bits per heavy atom. The molecular weight excluding hydrogens is 142 g/mol. The average Bonchev–Trinajstić information content (AvgIpc) is 1.99. The first-order valence-electron chi connectivity index (χ1n) is 3.74. The molecule has 60 valence electrons. The van der Waals surface area contributed by atoms with E-state index in [0.29, 0.717) is 0 Å². The molecule has 0 aromatic heterocycles. The average molecular weight is 159 g/mol. The van der Waals surface area contributed by atoms with E-state index >= 15 is 0 Å². The summed E-state index contributed by atoms with van der Waals surface area (Å²) in [6.07, 6.45) is 6.50. The van der Waals surface area contributed by atoms with Crippen LogP contribution in [0.15, 0.2) is 12.3 Å². The number of hydrogen-bond acceptors (Lipinski definition) is 2. The molecule has 0 aliphatic heterocycles. The summed E-state index contributed by atoms with van der Waals surface area (Å²) in [4.78, 5) is 2.29. The molecule has 0 aliphatic carbocycles. The van der Waals surface area contributed by atoms with E-state index in [9.17, 15) is 0 Å². The van der Waals surface area contributed by atoms with E-state index in [0.717, 1.165) is 18.8 Å². The highest BCUT2D eigenvalue weighted by atomic mass is 32.2. The maximum atomic E-state index is 2.29. The summed E-state index contributed by atoms with van der Waals surface area (Å²) in [6, 6.07) is 0. The summed E-state index contributed by atoms with van der Waals surface area (Å²) in [5.74, 6) is 1.12. The van der Waals surface area contributed by atoms with Crippen molar-refractivity contribution < 1.29 is 0 Å². The maximum absolute atomic E-state index is 2.29. The van der Waals surface area contributed by atoms with Crippen molar-refractivity contribution in [3.05, 3.63) is 12.3 Å². The van der Waals surface area contributed by atoms with Gasteiger partial charge in [-0.2, -0.15) is 11.8 Å². The molecule has 0 saturated carbocycles. The van der Waals surface area contributed by atoms with Crippen LogP contribution in [0.2, 0.25) is 0 Å². The zero-order valence-electron chi connectivity index (χ0n) is 7.13. The van der Waals surface area contributed by atoms with E-state index in [4.69, 9.17) is 0 Å². The van der Waals surface area contributed by atoms with Gasteiger partial charge in [0.25, 0.3) is 0 Å². The van der Waals surface area contributed by atoms with E-state index in [2.05, 4.69) is 37.3 Å². The zero-order chi connectivity index (χ0) is 7.82. The van der Waals surface area contributed by atoms with Gasteiger partial charge in [-0.25, -0.2) is 0 Å². The van der Waals surface area contributed by atoms with E-state index in [1.165, 1.54) is 0 Å². The first kappa shape index (κ1) is 9.89. The second-order valence-corrected chi connectivity index (χ2v) is 2.97. The third kappa shape index (κ3) is 4.74. The molecule has 0 bridgehead atoms. The third-order valence-corrected chi connectivity index (χ3v) is 1.92. The van der Waals surface area contributed by atoms with Crippen molar-refractivity contribution >= 4 is 11.8 Å². The Kier molecular flexibility index (Phi) is 6.93. The maximum Gasteiger partial charge on any atom is 0.0143 e. The van der Waals surface area contributed by atoms with Crippen LogP contribution >= 0.6 is 11.8 Å². The molecule has 0 radical (unpaired) electrons. The highest BCUT2D eigenvalue weighted by Crippen LogP contribution is 1.94. The molecule has 0 spiro atoms. The van der Waals surface area contributed by atoms with Crippen LogP contribution in [0.3, 0.4) is 0 Å². The molecule has 0 fully saturated rings. The highest BCUT2D eigenvalue weighted by Gasteiger charge is 1.86. The molecule has 0 heterocycles. The van der Waals surface area contributed by atoms with Gasteiger partial charge < -0.3 is 4.90 Å². The SMILES string of the molecule is CCN(/C=C\CSC)CC. The number of nitrogens with zero attached hydrogens (tertiary/aromatic N) is 1. The summed E-state index contributed by atoms with van der Waals surface area (Å²) in [5, 5.41) is 0. The Bertz CT molecular complexity index is 87.3. The molecule has 0 unspecified atom stereocenters. The van der Waals surface area contributed by atoms with Gasteiger partial charge in [0.2, 0.25) is 0 Å². The first-order chi connectivity index (χ1) is 4.85. The van der Waals surface area contributed by atoms with Crippen molar-refractivity contribution in [1.29, 1.82) is 0 Å². The Labute approximate surface area is 68.5 Å². The lowest BCUT2D eigenvalue weighted by Gasteiger charge is -2.14. The topological polar surface area (TPSA) is 3.24 Å². The number of thioether (sulfide) groups is 1. The smallest absolute Gasteiger partial charge is 0.0143 e. The lowest BCUT2D eigenvalue weighted by atomic mass is 10.5. The van der Waals surface area contributed by atoms with Crippen LogP contribution in [0, 0.1) is 0 Å². The molecular formula is C8H17NS. The van der Waals surface area contributed by atoms with Crippen molar-refractivity contribution in [1.82, 2.24) is 4.90 Å². The minimum absolute atomic E-state index is 1.11. The van der Waals surface area contributed by atoms with E-state index in [1.807, 2.05) is 11.8 Å². The Morgan fingerprint density at radius 2 is 1.90 bits per heavy atom. The number of hydrogen-bond donors (Lipinski definition) is 0. The lowest BCUT2D eigenvalue weighted by Crippen LogP contribution is -2.15. The van der Waals surface area contributed by atoms with Gasteiger partial charge in [-0.15, -0.1) is 0 Å². The van der Waals surface area contributed by atoms with Crippen molar-refractivity contribution in [2.75, 3.05) is 25.1 Å². The minimum Gasteiger partial charge on any atom is -0.378 e. The third-order valence-electron chi connectivity index (χ3n) is 1.39. The fourth-order valence-electron chi connectivity index (χ4n) is 0.723. The van der Waals surface area contributed by atoms with Gasteiger partial charge in [0, 0.05) is 18.8 Å². The molecule has 2 heteroatoms. The number of rotatable bonds is 5. The quantitative estimate of drug-likeness (QED) is 0.605. The molecule has 0 rings (SSSR count). The Balaban J connectivity index is 3.40. The molecule has 0 amide bonds. The second-order valence-electron chi connectivity index (χ2n) is 2.06. The fraction of sp³-hybridized carbons (Fsp3) is 0.750. The van der Waals surface area contributed by atoms with Crippen LogP contribution < -0.4 is 0 Å². The molecule has 0 saturated heterocycles. The highest BCUT2D eigenvalue weighted by molar-refractivity contribution is 7.98. The van der Waals surface area contributed by atoms with Crippen molar-refractivity contribution in [3.63, 3.8) is 0 Å². The van der Waals surface area contributed by atoms with E-state index in [-0.39, 0.29) is 0 Å². The summed E-state index contributed by atoms with van der Waals surface area (Å²) in [6.45, 7) is 6.57. The Morgan fingerprint density at radius 1 is 1.30 bits per heavy atom. The van der Waals surface area contributed by atoms with Gasteiger partial charge in [0.05, 0.1) is 0 Å². The van der Waals surface area contributed by atoms with Crippen molar-refractivity contribution in [2.45, 2.75) is 13.8 Å². The van der Waals surface area contributed by atoms with Gasteiger partial charge in [-0.3, -0.25) is 0 Å². The van der Waals surface area contributed by atoms with Crippen LogP contribution in [-0.4, -0.2) is 30.0 Å². The summed E-state index contributed by atoms with van der Waals surface area (Å²) >= 11 is 1.85. The molecule has 0 aromatic rings. The predicted molar refractivity (Wildman–Crippen MR) is 50.4 cm³/mol. The van der Waals surface area contributed by atoms with Crippen LogP contribution in [0.4, 0.5) is 0 Å². The van der Waals surface area contributed by atoms with Crippen LogP contribution in [0.5, 0.6) is 0 Å². The molecule has 0 atom stereocenters. The monoisotopic (exact) mass is 159 g/mol. The molecule has 0 aliphatic rings. The minimum atomic E-state index is 1.11. The van der Waals surface area contributed by atoms with Crippen molar-refractivity contribution in [3.8, 4) is 0 Å². The van der Waals surface area contributed by atoms with Gasteiger partial charge >= 0.3 is 0 Å². The van der Waals surface area contributed by atoms with E-state index in [1.54, 1.807) is 0 Å². The lowest BCUT2D eigenvalue weighted by molar-refractivity contribution is 0.418. The largest absolute Gasteiger partial charge is 0.378 e. The summed E-state index contributed by atoms with van der Waals surface area (Å²) in [7, 11) is 0. The zero-order valence-corrected chi connectivity index (χ0v) is 7.95. The Hall–Kier alpha value is -0.110. The van der Waals surface area contributed by atoms with Gasteiger partial charge in [0.1, 0.15) is 0 Å². The van der Waals surface area contributed by atoms with Gasteiger partial charge in [0.15, 0.2) is 0 Å². The summed E-state index contributed by atoms with van der Waals surface area (Å²) in [5.41, 5.74) is 0. The van der Waals surface area contributed by atoms with Crippen LogP contribution in [0.25, 0.3) is 0 Å². The molecule has 10 heavy (non-hydrogen) atoms. The standard InChI is InChI=1S/C8H17NS/c1-4-9(5-2)7-6-8-10-3/h6-7H,4-5,8H2,1-3H3/b7-6-. The summed E-state index contributed by atoms with van der Waals surface area (Å²) < 4.78 is 0. The molecule has 0 aromatic carbocycles. The predicted octanol–water partition coefficient (Wildman–Crippen LogP) is 2.20. The van der Waals surface area contributed by atoms with Gasteiger partial charge in [-0.1, -0.05) is 6.08 Å². The second kappa shape index (κ2) is 7.00.